The zero-order valence-corrected chi connectivity index (χ0v) is 12.0. The monoisotopic (exact) mass is 276 g/mol. The van der Waals surface area contributed by atoms with Crippen LogP contribution in [0, 0.1) is 0 Å². The number of ether oxygens (including phenoxy) is 1. The maximum absolute atomic E-state index is 6.39. The van der Waals surface area contributed by atoms with E-state index in [1.165, 1.54) is 11.3 Å². The van der Waals surface area contributed by atoms with Gasteiger partial charge in [-0.2, -0.15) is 0 Å². The first-order valence-corrected chi connectivity index (χ1v) is 7.05. The molecule has 3 nitrogen and oxygen atoms in total. The van der Waals surface area contributed by atoms with Crippen LogP contribution in [0.1, 0.15) is 24.6 Å². The van der Waals surface area contributed by atoms with E-state index in [4.69, 9.17) is 21.3 Å². The molecule has 0 saturated carbocycles. The SMILES string of the molecule is CCNc1c2c(nc3c(OC)ccc(Cl)c13)CCC2. The molecule has 0 aliphatic heterocycles. The minimum atomic E-state index is 0.731. The van der Waals surface area contributed by atoms with Crippen molar-refractivity contribution in [2.45, 2.75) is 26.2 Å². The number of fused-ring (bicyclic) bond motifs is 2. The highest BCUT2D eigenvalue weighted by atomic mass is 35.5. The molecule has 1 aromatic heterocycles. The Kier molecular flexibility index (Phi) is 3.23. The number of aromatic nitrogens is 1. The number of pyridine rings is 1. The zero-order chi connectivity index (χ0) is 13.4. The average Bonchev–Trinajstić information content (AvgIpc) is 2.87. The van der Waals surface area contributed by atoms with E-state index < -0.39 is 0 Å². The van der Waals surface area contributed by atoms with Gasteiger partial charge < -0.3 is 10.1 Å². The van der Waals surface area contributed by atoms with Crippen LogP contribution in [0.15, 0.2) is 12.1 Å². The third-order valence-corrected chi connectivity index (χ3v) is 3.97. The standard InChI is InChI=1S/C15H17ClN2O/c1-3-17-14-9-5-4-6-11(9)18-15-12(19-2)8-7-10(16)13(14)15/h7-8H,3-6H2,1-2H3,(H,17,18). The summed E-state index contributed by atoms with van der Waals surface area (Å²) in [6, 6.07) is 3.77. The van der Waals surface area contributed by atoms with E-state index in [0.717, 1.165) is 53.2 Å². The summed E-state index contributed by atoms with van der Waals surface area (Å²) in [5, 5.41) is 5.18. The third-order valence-electron chi connectivity index (χ3n) is 3.65. The van der Waals surface area contributed by atoms with Crippen LogP contribution in [0.2, 0.25) is 5.02 Å². The highest BCUT2D eigenvalue weighted by Crippen LogP contribution is 2.40. The molecule has 0 unspecified atom stereocenters. The molecule has 19 heavy (non-hydrogen) atoms. The fourth-order valence-corrected chi connectivity index (χ4v) is 3.09. The lowest BCUT2D eigenvalue weighted by atomic mass is 10.1. The van der Waals surface area contributed by atoms with Gasteiger partial charge in [-0.25, -0.2) is 4.98 Å². The van der Waals surface area contributed by atoms with Gasteiger partial charge in [0.25, 0.3) is 0 Å². The van der Waals surface area contributed by atoms with Crippen molar-refractivity contribution >= 4 is 28.2 Å². The quantitative estimate of drug-likeness (QED) is 0.925. The molecule has 1 aromatic carbocycles. The van der Waals surface area contributed by atoms with Crippen LogP contribution in [0.3, 0.4) is 0 Å². The molecule has 1 aliphatic rings. The topological polar surface area (TPSA) is 34.2 Å². The van der Waals surface area contributed by atoms with E-state index in [0.29, 0.717) is 0 Å². The average molecular weight is 277 g/mol. The molecular formula is C15H17ClN2O. The van der Waals surface area contributed by atoms with Crippen LogP contribution in [-0.4, -0.2) is 18.6 Å². The molecule has 0 radical (unpaired) electrons. The largest absolute Gasteiger partial charge is 0.494 e. The third kappa shape index (κ3) is 1.93. The van der Waals surface area contributed by atoms with Crippen LogP contribution in [-0.2, 0) is 12.8 Å². The molecular weight excluding hydrogens is 260 g/mol. The second kappa shape index (κ2) is 4.89. The molecule has 2 aromatic rings. The van der Waals surface area contributed by atoms with Gasteiger partial charge in [-0.1, -0.05) is 11.6 Å². The smallest absolute Gasteiger partial charge is 0.145 e. The lowest BCUT2D eigenvalue weighted by molar-refractivity contribution is 0.419. The van der Waals surface area contributed by atoms with Crippen LogP contribution in [0.4, 0.5) is 5.69 Å². The van der Waals surface area contributed by atoms with E-state index in [1.807, 2.05) is 12.1 Å². The van der Waals surface area contributed by atoms with Crippen molar-refractivity contribution in [3.63, 3.8) is 0 Å². The molecule has 1 N–H and O–H groups in total. The summed E-state index contributed by atoms with van der Waals surface area (Å²) in [4.78, 5) is 4.78. The number of nitrogens with zero attached hydrogens (tertiary/aromatic N) is 1. The Balaban J connectivity index is 2.40. The molecule has 1 heterocycles. The zero-order valence-electron chi connectivity index (χ0n) is 11.2. The number of aryl methyl sites for hydroxylation is 1. The van der Waals surface area contributed by atoms with Gasteiger partial charge in [0.15, 0.2) is 0 Å². The van der Waals surface area contributed by atoms with Crippen molar-refractivity contribution in [2.75, 3.05) is 19.0 Å². The summed E-state index contributed by atoms with van der Waals surface area (Å²) in [6.45, 7) is 2.97. The van der Waals surface area contributed by atoms with Crippen molar-refractivity contribution in [3.05, 3.63) is 28.4 Å². The Morgan fingerprint density at radius 1 is 1.37 bits per heavy atom. The Morgan fingerprint density at radius 3 is 2.95 bits per heavy atom. The second-order valence-corrected chi connectivity index (χ2v) is 5.18. The van der Waals surface area contributed by atoms with Crippen molar-refractivity contribution in [1.82, 2.24) is 4.98 Å². The number of hydrogen-bond acceptors (Lipinski definition) is 3. The minimum absolute atomic E-state index is 0.731. The van der Waals surface area contributed by atoms with E-state index in [1.54, 1.807) is 7.11 Å². The Labute approximate surface area is 117 Å². The maximum atomic E-state index is 6.39. The van der Waals surface area contributed by atoms with Crippen LogP contribution >= 0.6 is 11.6 Å². The van der Waals surface area contributed by atoms with E-state index in [9.17, 15) is 0 Å². The molecule has 0 fully saturated rings. The number of hydrogen-bond donors (Lipinski definition) is 1. The van der Waals surface area contributed by atoms with Crippen LogP contribution in [0.5, 0.6) is 5.75 Å². The van der Waals surface area contributed by atoms with E-state index in [2.05, 4.69) is 12.2 Å². The summed E-state index contributed by atoms with van der Waals surface area (Å²) >= 11 is 6.39. The van der Waals surface area contributed by atoms with Gasteiger partial charge in [0.05, 0.1) is 17.8 Å². The number of nitrogens with one attached hydrogen (secondary N) is 1. The van der Waals surface area contributed by atoms with Crippen LogP contribution < -0.4 is 10.1 Å². The van der Waals surface area contributed by atoms with Crippen molar-refractivity contribution in [2.24, 2.45) is 0 Å². The van der Waals surface area contributed by atoms with Gasteiger partial charge in [0, 0.05) is 17.6 Å². The summed E-state index contributed by atoms with van der Waals surface area (Å²) in [5.74, 6) is 0.785. The highest BCUT2D eigenvalue weighted by Gasteiger charge is 2.22. The van der Waals surface area contributed by atoms with Gasteiger partial charge in [0.1, 0.15) is 11.3 Å². The molecule has 0 amide bonds. The fourth-order valence-electron chi connectivity index (χ4n) is 2.84. The molecule has 3 rings (SSSR count). The molecule has 1 aliphatic carbocycles. The van der Waals surface area contributed by atoms with Gasteiger partial charge >= 0.3 is 0 Å². The number of halogens is 1. The number of methoxy groups -OCH3 is 1. The number of anilines is 1. The van der Waals surface area contributed by atoms with Crippen molar-refractivity contribution < 1.29 is 4.74 Å². The summed E-state index contributed by atoms with van der Waals surface area (Å²) in [7, 11) is 1.67. The van der Waals surface area contributed by atoms with Gasteiger partial charge in [0.2, 0.25) is 0 Å². The van der Waals surface area contributed by atoms with Gasteiger partial charge in [-0.05, 0) is 43.9 Å². The summed E-state index contributed by atoms with van der Waals surface area (Å²) < 4.78 is 5.43. The van der Waals surface area contributed by atoms with E-state index in [-0.39, 0.29) is 0 Å². The molecule has 0 saturated heterocycles. The minimum Gasteiger partial charge on any atom is -0.494 e. The molecule has 4 heteroatoms. The predicted octanol–water partition coefficient (Wildman–Crippen LogP) is 3.82. The molecule has 0 bridgehead atoms. The van der Waals surface area contributed by atoms with Crippen molar-refractivity contribution in [3.8, 4) is 5.75 Å². The lowest BCUT2D eigenvalue weighted by Crippen LogP contribution is -2.04. The first-order valence-electron chi connectivity index (χ1n) is 6.68. The normalized spacial score (nSPS) is 13.6. The van der Waals surface area contributed by atoms with Gasteiger partial charge in [-0.3, -0.25) is 0 Å². The first kappa shape index (κ1) is 12.5. The van der Waals surface area contributed by atoms with Gasteiger partial charge in [-0.15, -0.1) is 0 Å². The van der Waals surface area contributed by atoms with E-state index >= 15 is 0 Å². The summed E-state index contributed by atoms with van der Waals surface area (Å²) in [5.41, 5.74) is 4.52. The molecule has 100 valence electrons. The lowest BCUT2D eigenvalue weighted by Gasteiger charge is -2.16. The predicted molar refractivity (Wildman–Crippen MR) is 79.5 cm³/mol. The Hall–Kier alpha value is -1.48. The second-order valence-electron chi connectivity index (χ2n) is 4.77. The fraction of sp³-hybridized carbons (Fsp3) is 0.400. The maximum Gasteiger partial charge on any atom is 0.145 e. The summed E-state index contributed by atoms with van der Waals surface area (Å²) in [6.07, 6.45) is 3.28. The number of benzene rings is 1. The highest BCUT2D eigenvalue weighted by molar-refractivity contribution is 6.36. The molecule has 0 atom stereocenters. The van der Waals surface area contributed by atoms with Crippen LogP contribution in [0.25, 0.3) is 10.9 Å². The Morgan fingerprint density at radius 2 is 2.21 bits per heavy atom. The number of rotatable bonds is 3. The van der Waals surface area contributed by atoms with Crippen molar-refractivity contribution in [1.29, 1.82) is 0 Å². The molecule has 0 spiro atoms. The Bertz CT molecular complexity index is 640. The first-order chi connectivity index (χ1) is 9.26.